The second kappa shape index (κ2) is 5.07. The first-order chi connectivity index (χ1) is 10.5. The Morgan fingerprint density at radius 2 is 1.91 bits per heavy atom. The molecule has 0 fully saturated rings. The maximum atomic E-state index is 13.9. The average molecular weight is 299 g/mol. The summed E-state index contributed by atoms with van der Waals surface area (Å²) in [6, 6.07) is 9.56. The molecule has 1 aliphatic rings. The molecule has 0 spiro atoms. The van der Waals surface area contributed by atoms with E-state index in [0.717, 1.165) is 0 Å². The van der Waals surface area contributed by atoms with Crippen LogP contribution in [0.4, 0.5) is 10.1 Å². The lowest BCUT2D eigenvalue weighted by atomic mass is 10.0. The number of benzene rings is 2. The largest absolute Gasteiger partial charge is 0.618 e. The predicted molar refractivity (Wildman–Crippen MR) is 75.9 cm³/mol. The number of carbonyl (C=O) groups excluding carboxylic acids is 2. The van der Waals surface area contributed by atoms with Crippen molar-refractivity contribution in [2.75, 3.05) is 7.11 Å². The maximum Gasteiger partial charge on any atom is 0.338 e. The van der Waals surface area contributed by atoms with E-state index in [1.165, 1.54) is 49.6 Å². The molecule has 110 valence electrons. The van der Waals surface area contributed by atoms with Gasteiger partial charge in [0.05, 0.1) is 18.2 Å². The molecule has 22 heavy (non-hydrogen) atoms. The van der Waals surface area contributed by atoms with Gasteiger partial charge in [0.15, 0.2) is 0 Å². The van der Waals surface area contributed by atoms with E-state index in [9.17, 15) is 19.2 Å². The number of hydrogen-bond acceptors (Lipinski definition) is 4. The highest BCUT2D eigenvalue weighted by Gasteiger charge is 2.38. The number of ketones is 1. The third kappa shape index (κ3) is 1.96. The zero-order valence-electron chi connectivity index (χ0n) is 11.5. The Bertz CT molecular complexity index is 842. The number of rotatable bonds is 2. The summed E-state index contributed by atoms with van der Waals surface area (Å²) >= 11 is 0. The maximum absolute atomic E-state index is 13.9. The molecule has 1 heterocycles. The molecule has 0 aromatic heterocycles. The second-order valence-electron chi connectivity index (χ2n) is 4.68. The Balaban J connectivity index is 2.18. The summed E-state index contributed by atoms with van der Waals surface area (Å²) < 4.78 is 18.8. The molecule has 2 aromatic carbocycles. The molecule has 0 unspecified atom stereocenters. The molecule has 0 saturated carbocycles. The van der Waals surface area contributed by atoms with E-state index in [1.54, 1.807) is 0 Å². The van der Waals surface area contributed by atoms with Gasteiger partial charge in [-0.3, -0.25) is 4.79 Å². The fraction of sp³-hybridized carbons (Fsp3) is 0.0625. The Morgan fingerprint density at radius 3 is 2.59 bits per heavy atom. The Hall–Kier alpha value is -3.02. The van der Waals surface area contributed by atoms with Crippen molar-refractivity contribution >= 4 is 23.2 Å². The first-order valence-electron chi connectivity index (χ1n) is 6.40. The lowest BCUT2D eigenvalue weighted by Gasteiger charge is -2.04. The fourth-order valence-electron chi connectivity index (χ4n) is 2.36. The predicted octanol–water partition coefficient (Wildman–Crippen LogP) is 2.44. The summed E-state index contributed by atoms with van der Waals surface area (Å²) in [5.41, 5.74) is -0.0924. The highest BCUT2D eigenvalue weighted by molar-refractivity contribution is 6.52. The van der Waals surface area contributed by atoms with Crippen molar-refractivity contribution in [3.8, 4) is 0 Å². The van der Waals surface area contributed by atoms with Gasteiger partial charge in [0.1, 0.15) is 11.4 Å². The highest BCUT2D eigenvalue weighted by Crippen LogP contribution is 2.30. The molecule has 5 nitrogen and oxygen atoms in total. The van der Waals surface area contributed by atoms with Crippen LogP contribution >= 0.6 is 0 Å². The minimum atomic E-state index is -0.660. The number of nitrogens with zero attached hydrogens (tertiary/aromatic N) is 1. The summed E-state index contributed by atoms with van der Waals surface area (Å²) in [6.07, 6.45) is 0. The lowest BCUT2D eigenvalue weighted by molar-refractivity contribution is -0.355. The van der Waals surface area contributed by atoms with Crippen LogP contribution < -0.4 is 0 Å². The van der Waals surface area contributed by atoms with E-state index < -0.39 is 17.6 Å². The fourth-order valence-corrected chi connectivity index (χ4v) is 2.36. The molecule has 0 saturated heterocycles. The van der Waals surface area contributed by atoms with Crippen LogP contribution in [0.1, 0.15) is 26.3 Å². The van der Waals surface area contributed by atoms with Crippen LogP contribution in [-0.4, -0.2) is 29.3 Å². The summed E-state index contributed by atoms with van der Waals surface area (Å²) in [4.78, 5) is 23.9. The van der Waals surface area contributed by atoms with Crippen LogP contribution in [0.2, 0.25) is 0 Å². The number of carbonyl (C=O) groups is 2. The summed E-state index contributed by atoms with van der Waals surface area (Å²) in [6.45, 7) is 0. The molecule has 1 aliphatic heterocycles. The first-order valence-corrected chi connectivity index (χ1v) is 6.40. The van der Waals surface area contributed by atoms with Gasteiger partial charge in [0, 0.05) is 6.07 Å². The van der Waals surface area contributed by atoms with Gasteiger partial charge in [-0.1, -0.05) is 12.1 Å². The second-order valence-corrected chi connectivity index (χ2v) is 4.68. The van der Waals surface area contributed by atoms with E-state index in [-0.39, 0.29) is 28.1 Å². The van der Waals surface area contributed by atoms with Gasteiger partial charge in [-0.2, -0.15) is 4.74 Å². The van der Waals surface area contributed by atoms with Gasteiger partial charge in [0.2, 0.25) is 5.69 Å². The molecule has 0 amide bonds. The summed E-state index contributed by atoms with van der Waals surface area (Å²) in [5.74, 6) is -1.86. The molecule has 0 radical (unpaired) electrons. The topological polar surface area (TPSA) is 69.4 Å². The van der Waals surface area contributed by atoms with Crippen molar-refractivity contribution < 1.29 is 23.5 Å². The summed E-state index contributed by atoms with van der Waals surface area (Å²) in [7, 11) is 1.21. The molecule has 6 heteroatoms. The third-order valence-electron chi connectivity index (χ3n) is 3.43. The normalized spacial score (nSPS) is 13.3. The van der Waals surface area contributed by atoms with E-state index in [4.69, 9.17) is 0 Å². The van der Waals surface area contributed by atoms with E-state index in [0.29, 0.717) is 4.74 Å². The molecule has 0 aliphatic carbocycles. The van der Waals surface area contributed by atoms with Crippen molar-refractivity contribution in [2.24, 2.45) is 0 Å². The van der Waals surface area contributed by atoms with Gasteiger partial charge < -0.3 is 9.94 Å². The smallest absolute Gasteiger partial charge is 0.338 e. The number of esters is 1. The average Bonchev–Trinajstić information content (AvgIpc) is 2.78. The molecule has 3 rings (SSSR count). The SMILES string of the molecule is COC(=O)c1ccc2c(c1)[N+]([O-])=C(c1ccccc1F)C2=O. The van der Waals surface area contributed by atoms with Crippen LogP contribution in [0.3, 0.4) is 0 Å². The van der Waals surface area contributed by atoms with E-state index in [2.05, 4.69) is 4.74 Å². The monoisotopic (exact) mass is 299 g/mol. The zero-order chi connectivity index (χ0) is 15.9. The standard InChI is InChI=1S/C16H10FNO4/c1-22-16(20)9-6-7-11-13(8-9)18(21)14(15(11)19)10-4-2-3-5-12(10)17/h2-8H,1H3. The van der Waals surface area contributed by atoms with Gasteiger partial charge in [-0.05, 0) is 24.3 Å². The number of ether oxygens (including phenoxy) is 1. The molecular weight excluding hydrogens is 289 g/mol. The summed E-state index contributed by atoms with van der Waals surface area (Å²) in [5, 5.41) is 12.4. The minimum Gasteiger partial charge on any atom is -0.618 e. The number of methoxy groups -OCH3 is 1. The lowest BCUT2D eigenvalue weighted by Crippen LogP contribution is -2.18. The number of Topliss-reactive ketones (excluding diaryl/α,β-unsaturated/α-hetero) is 1. The Kier molecular flexibility index (Phi) is 3.21. The molecule has 0 N–H and O–H groups in total. The Labute approximate surface area is 124 Å². The Morgan fingerprint density at radius 1 is 1.18 bits per heavy atom. The van der Waals surface area contributed by atoms with Crippen LogP contribution in [-0.2, 0) is 4.74 Å². The van der Waals surface area contributed by atoms with E-state index >= 15 is 0 Å². The third-order valence-corrected chi connectivity index (χ3v) is 3.43. The number of hydrogen-bond donors (Lipinski definition) is 0. The van der Waals surface area contributed by atoms with Crippen molar-refractivity contribution in [3.05, 3.63) is 70.2 Å². The first kappa shape index (κ1) is 13.9. The van der Waals surface area contributed by atoms with Crippen molar-refractivity contribution in [3.63, 3.8) is 0 Å². The molecule has 0 bridgehead atoms. The van der Waals surface area contributed by atoms with Crippen LogP contribution in [0.5, 0.6) is 0 Å². The molecule has 2 aromatic rings. The highest BCUT2D eigenvalue weighted by atomic mass is 19.1. The minimum absolute atomic E-state index is 0.00570. The quantitative estimate of drug-likeness (QED) is 0.485. The van der Waals surface area contributed by atoms with Crippen LogP contribution in [0.15, 0.2) is 42.5 Å². The molecular formula is C16H10FNO4. The zero-order valence-corrected chi connectivity index (χ0v) is 11.5. The van der Waals surface area contributed by atoms with Crippen molar-refractivity contribution in [1.82, 2.24) is 0 Å². The van der Waals surface area contributed by atoms with Crippen LogP contribution in [0, 0.1) is 11.0 Å². The van der Waals surface area contributed by atoms with Crippen LogP contribution in [0.25, 0.3) is 0 Å². The van der Waals surface area contributed by atoms with Gasteiger partial charge in [-0.25, -0.2) is 9.18 Å². The number of fused-ring (bicyclic) bond motifs is 1. The molecule has 0 atom stereocenters. The van der Waals surface area contributed by atoms with Crippen molar-refractivity contribution in [2.45, 2.75) is 0 Å². The van der Waals surface area contributed by atoms with Crippen molar-refractivity contribution in [1.29, 1.82) is 0 Å². The van der Waals surface area contributed by atoms with Gasteiger partial charge in [0.25, 0.3) is 11.5 Å². The number of halogens is 1. The van der Waals surface area contributed by atoms with E-state index in [1.807, 2.05) is 0 Å². The van der Waals surface area contributed by atoms with Gasteiger partial charge in [-0.15, -0.1) is 0 Å². The van der Waals surface area contributed by atoms with Gasteiger partial charge >= 0.3 is 5.97 Å².